The molecule has 36 heavy (non-hydrogen) atoms. The van der Waals surface area contributed by atoms with Gasteiger partial charge in [0.05, 0.1) is 6.61 Å². The first kappa shape index (κ1) is 39.4. The number of allylic oxidation sites excluding steroid dienone is 1. The molecular formula is C30H59KO4S. The number of rotatable bonds is 28. The number of unbranched alkanes of at least 4 members (excludes halogenated alkanes) is 21. The second-order valence-corrected chi connectivity index (χ2v) is 11.6. The zero-order valence-electron chi connectivity index (χ0n) is 24.5. The molecule has 0 aromatic carbocycles. The molecule has 0 spiro atoms. The van der Waals surface area contributed by atoms with Gasteiger partial charge in [0.25, 0.3) is 0 Å². The summed E-state index contributed by atoms with van der Waals surface area (Å²) in [6.45, 7) is 4.50. The smallest absolute Gasteiger partial charge is 0.726 e. The Bertz CT molecular complexity index is 551. The quantitative estimate of drug-likeness (QED) is 0.0342. The van der Waals surface area contributed by atoms with E-state index in [9.17, 15) is 13.0 Å². The van der Waals surface area contributed by atoms with Crippen LogP contribution in [0.3, 0.4) is 0 Å². The number of hydrogen-bond acceptors (Lipinski definition) is 4. The maximum absolute atomic E-state index is 10.9. The minimum Gasteiger partial charge on any atom is -0.726 e. The maximum atomic E-state index is 10.9. The van der Waals surface area contributed by atoms with Crippen molar-refractivity contribution in [1.82, 2.24) is 0 Å². The predicted octanol–water partition coefficient (Wildman–Crippen LogP) is 7.04. The Morgan fingerprint density at radius 2 is 0.972 bits per heavy atom. The van der Waals surface area contributed by atoms with Crippen molar-refractivity contribution in [2.24, 2.45) is 5.92 Å². The molecule has 0 N–H and O–H groups in total. The molecule has 6 heteroatoms. The van der Waals surface area contributed by atoms with Crippen LogP contribution < -0.4 is 51.4 Å². The summed E-state index contributed by atoms with van der Waals surface area (Å²) in [7, 11) is -4.61. The summed E-state index contributed by atoms with van der Waals surface area (Å²) in [5.74, 6) is 0.0186. The molecule has 0 saturated carbocycles. The zero-order chi connectivity index (χ0) is 25.9. The van der Waals surface area contributed by atoms with Gasteiger partial charge >= 0.3 is 51.4 Å². The minimum absolute atomic E-state index is 0. The first-order valence-electron chi connectivity index (χ1n) is 15.3. The fourth-order valence-electron chi connectivity index (χ4n) is 4.69. The largest absolute Gasteiger partial charge is 1.00 e. The molecule has 0 bridgehead atoms. The summed E-state index contributed by atoms with van der Waals surface area (Å²) in [6, 6.07) is 0. The van der Waals surface area contributed by atoms with Crippen LogP contribution in [-0.4, -0.2) is 19.6 Å². The molecule has 0 rings (SSSR count). The SMILES string of the molecule is CCCCCCCCCCCCCC/C=C/C(CCCCCCCCCCCC)COS(=O)(=O)[O-].[K+]. The maximum Gasteiger partial charge on any atom is 1.00 e. The molecule has 0 aliphatic carbocycles. The molecule has 210 valence electrons. The normalized spacial score (nSPS) is 12.8. The summed E-state index contributed by atoms with van der Waals surface area (Å²) >= 11 is 0. The van der Waals surface area contributed by atoms with Crippen LogP contribution in [0, 0.1) is 5.92 Å². The van der Waals surface area contributed by atoms with Gasteiger partial charge in [-0.25, -0.2) is 8.42 Å². The van der Waals surface area contributed by atoms with Crippen molar-refractivity contribution < 1.29 is 68.5 Å². The Morgan fingerprint density at radius 3 is 1.36 bits per heavy atom. The fraction of sp³-hybridized carbons (Fsp3) is 0.933. The molecule has 0 radical (unpaired) electrons. The van der Waals surface area contributed by atoms with E-state index in [1.807, 2.05) is 0 Å². The first-order chi connectivity index (χ1) is 17.0. The Hall–Kier alpha value is 1.25. The number of hydrogen-bond donors (Lipinski definition) is 0. The standard InChI is InChI=1S/C30H60O4S.K/c1-3-5-7-9-11-13-15-16-17-18-20-22-24-26-28-30(29-34-35(31,32)33)27-25-23-21-19-14-12-10-8-6-4-2;/h26,28,30H,3-25,27,29H2,1-2H3,(H,31,32,33);/q;+1/p-1/b28-26+;. The van der Waals surface area contributed by atoms with Crippen molar-refractivity contribution in [3.8, 4) is 0 Å². The van der Waals surface area contributed by atoms with Gasteiger partial charge in [0.15, 0.2) is 0 Å². The molecule has 0 aromatic heterocycles. The monoisotopic (exact) mass is 554 g/mol. The molecule has 0 fully saturated rings. The van der Waals surface area contributed by atoms with Crippen LogP contribution in [0.4, 0.5) is 0 Å². The van der Waals surface area contributed by atoms with Gasteiger partial charge in [0.2, 0.25) is 10.4 Å². The van der Waals surface area contributed by atoms with E-state index in [1.165, 1.54) is 135 Å². The summed E-state index contributed by atoms with van der Waals surface area (Å²) in [5.41, 5.74) is 0. The van der Waals surface area contributed by atoms with Gasteiger partial charge in [-0.2, -0.15) is 0 Å². The first-order valence-corrected chi connectivity index (χ1v) is 16.6. The molecule has 0 aromatic rings. The summed E-state index contributed by atoms with van der Waals surface area (Å²) in [4.78, 5) is 0. The van der Waals surface area contributed by atoms with E-state index in [0.717, 1.165) is 19.3 Å². The fourth-order valence-corrected chi connectivity index (χ4v) is 5.03. The van der Waals surface area contributed by atoms with E-state index in [4.69, 9.17) is 0 Å². The van der Waals surface area contributed by atoms with Crippen molar-refractivity contribution >= 4 is 10.4 Å². The van der Waals surface area contributed by atoms with Crippen molar-refractivity contribution in [1.29, 1.82) is 0 Å². The van der Waals surface area contributed by atoms with Crippen LogP contribution in [0.15, 0.2) is 12.2 Å². The third-order valence-electron chi connectivity index (χ3n) is 6.99. The summed E-state index contributed by atoms with van der Waals surface area (Å²) < 4.78 is 37.2. The third kappa shape index (κ3) is 33.3. The summed E-state index contributed by atoms with van der Waals surface area (Å²) in [5, 5.41) is 0. The van der Waals surface area contributed by atoms with Gasteiger partial charge in [-0.05, 0) is 19.3 Å². The average molecular weight is 555 g/mol. The molecule has 1 unspecified atom stereocenters. The Morgan fingerprint density at radius 1 is 0.611 bits per heavy atom. The van der Waals surface area contributed by atoms with Crippen LogP contribution in [0.25, 0.3) is 0 Å². The van der Waals surface area contributed by atoms with Gasteiger partial charge < -0.3 is 4.55 Å². The van der Waals surface area contributed by atoms with Crippen LogP contribution in [0.5, 0.6) is 0 Å². The van der Waals surface area contributed by atoms with Gasteiger partial charge in [-0.1, -0.05) is 161 Å². The van der Waals surface area contributed by atoms with E-state index >= 15 is 0 Å². The second kappa shape index (κ2) is 30.8. The van der Waals surface area contributed by atoms with Crippen LogP contribution in [0.2, 0.25) is 0 Å². The van der Waals surface area contributed by atoms with Crippen LogP contribution >= 0.6 is 0 Å². The van der Waals surface area contributed by atoms with E-state index in [-0.39, 0.29) is 63.9 Å². The zero-order valence-corrected chi connectivity index (χ0v) is 28.4. The van der Waals surface area contributed by atoms with Gasteiger partial charge in [-0.15, -0.1) is 0 Å². The van der Waals surface area contributed by atoms with E-state index in [0.29, 0.717) is 0 Å². The molecule has 0 aliphatic heterocycles. The van der Waals surface area contributed by atoms with E-state index < -0.39 is 10.4 Å². The van der Waals surface area contributed by atoms with Gasteiger partial charge in [0, 0.05) is 5.92 Å². The Kier molecular flexibility index (Phi) is 33.7. The second-order valence-electron chi connectivity index (χ2n) is 10.5. The third-order valence-corrected chi connectivity index (χ3v) is 7.41. The molecule has 1 atom stereocenters. The van der Waals surface area contributed by atoms with Crippen molar-refractivity contribution in [3.05, 3.63) is 12.2 Å². The topological polar surface area (TPSA) is 66.4 Å². The van der Waals surface area contributed by atoms with Crippen molar-refractivity contribution in [3.63, 3.8) is 0 Å². The molecule has 0 amide bonds. The Balaban J connectivity index is 0. The van der Waals surface area contributed by atoms with Gasteiger partial charge in [0.1, 0.15) is 0 Å². The molecule has 0 heterocycles. The van der Waals surface area contributed by atoms with Gasteiger partial charge in [-0.3, -0.25) is 4.18 Å². The molecule has 0 aliphatic rings. The predicted molar refractivity (Wildman–Crippen MR) is 150 cm³/mol. The average Bonchev–Trinajstić information content (AvgIpc) is 2.82. The molecule has 0 saturated heterocycles. The summed E-state index contributed by atoms with van der Waals surface area (Å²) in [6.07, 6.45) is 35.1. The van der Waals surface area contributed by atoms with Crippen LogP contribution in [-0.2, 0) is 14.6 Å². The van der Waals surface area contributed by atoms with E-state index in [2.05, 4.69) is 30.2 Å². The minimum atomic E-state index is -4.61. The van der Waals surface area contributed by atoms with Crippen LogP contribution in [0.1, 0.15) is 168 Å². The molecular weight excluding hydrogens is 495 g/mol. The Labute approximate surface area is 269 Å². The van der Waals surface area contributed by atoms with Crippen molar-refractivity contribution in [2.45, 2.75) is 168 Å². The van der Waals surface area contributed by atoms with E-state index in [1.54, 1.807) is 0 Å². The van der Waals surface area contributed by atoms with Crippen molar-refractivity contribution in [2.75, 3.05) is 6.61 Å². The molecule has 4 nitrogen and oxygen atoms in total.